The molecular weight excluding hydrogens is 176 g/mol. The zero-order chi connectivity index (χ0) is 10.2. The number of aromatic amines is 1. The smallest absolute Gasteiger partial charge is 0.0654 e. The van der Waals surface area contributed by atoms with Crippen LogP contribution in [0.2, 0.25) is 0 Å². The number of nitrogens with one attached hydrogen (secondary N) is 1. The van der Waals surface area contributed by atoms with E-state index in [2.05, 4.69) is 10.2 Å². The number of H-pyrrole nitrogens is 1. The number of rotatable bonds is 2. The third-order valence-electron chi connectivity index (χ3n) is 2.33. The van der Waals surface area contributed by atoms with Gasteiger partial charge in [-0.2, -0.15) is 5.10 Å². The average molecular weight is 196 g/mol. The van der Waals surface area contributed by atoms with E-state index < -0.39 is 0 Å². The molecule has 1 N–H and O–H groups in total. The normalized spacial score (nSPS) is 14.1. The van der Waals surface area contributed by atoms with Crippen molar-refractivity contribution >= 4 is 0 Å². The zero-order valence-electron chi connectivity index (χ0n) is 9.18. The molecule has 1 heterocycles. The Bertz CT molecular complexity index is 223. The topological polar surface area (TPSA) is 37.9 Å². The minimum absolute atomic E-state index is 0.844. The molecule has 0 saturated carbocycles. The Hall–Kier alpha value is -0.830. The van der Waals surface area contributed by atoms with E-state index in [-0.39, 0.29) is 0 Å². The number of aromatic nitrogens is 2. The highest BCUT2D eigenvalue weighted by molar-refractivity contribution is 5.18. The van der Waals surface area contributed by atoms with Gasteiger partial charge >= 0.3 is 0 Å². The number of nitrogens with zero attached hydrogens (tertiary/aromatic N) is 1. The summed E-state index contributed by atoms with van der Waals surface area (Å²) in [6.07, 6.45) is 7.09. The van der Waals surface area contributed by atoms with Crippen molar-refractivity contribution in [2.45, 2.75) is 39.5 Å². The first-order chi connectivity index (χ1) is 6.88. The van der Waals surface area contributed by atoms with Crippen LogP contribution in [0.1, 0.15) is 37.9 Å². The first-order valence-electron chi connectivity index (χ1n) is 5.47. The highest BCUT2D eigenvalue weighted by Gasteiger charge is 2.09. The van der Waals surface area contributed by atoms with Crippen LogP contribution in [0.15, 0.2) is 6.20 Å². The molecule has 1 aliphatic rings. The second-order valence-corrected chi connectivity index (χ2v) is 3.35. The van der Waals surface area contributed by atoms with Crippen LogP contribution in [0.4, 0.5) is 0 Å². The van der Waals surface area contributed by atoms with Gasteiger partial charge < -0.3 is 4.74 Å². The number of hydrogen-bond donors (Lipinski definition) is 1. The third-order valence-corrected chi connectivity index (χ3v) is 2.33. The Balaban J connectivity index is 0.000000171. The molecule has 2 rings (SSSR count). The maximum absolute atomic E-state index is 4.83. The molecule has 1 aliphatic carbocycles. The lowest BCUT2D eigenvalue weighted by atomic mass is 9.99. The van der Waals surface area contributed by atoms with Gasteiger partial charge in [0.2, 0.25) is 0 Å². The lowest BCUT2D eigenvalue weighted by Crippen LogP contribution is -1.99. The van der Waals surface area contributed by atoms with Gasteiger partial charge in [0.15, 0.2) is 0 Å². The van der Waals surface area contributed by atoms with Crippen molar-refractivity contribution < 1.29 is 4.74 Å². The fraction of sp³-hybridized carbons (Fsp3) is 0.727. The van der Waals surface area contributed by atoms with Crippen molar-refractivity contribution in [1.82, 2.24) is 10.2 Å². The van der Waals surface area contributed by atoms with Gasteiger partial charge in [-0.25, -0.2) is 0 Å². The van der Waals surface area contributed by atoms with Gasteiger partial charge in [0, 0.05) is 19.4 Å². The Morgan fingerprint density at radius 3 is 2.57 bits per heavy atom. The number of ether oxygens (including phenoxy) is 1. The summed E-state index contributed by atoms with van der Waals surface area (Å²) >= 11 is 0. The van der Waals surface area contributed by atoms with Gasteiger partial charge in [-0.15, -0.1) is 0 Å². The van der Waals surface area contributed by atoms with Gasteiger partial charge in [0.1, 0.15) is 0 Å². The third kappa shape index (κ3) is 3.50. The summed E-state index contributed by atoms with van der Waals surface area (Å²) in [5.41, 5.74) is 2.72. The van der Waals surface area contributed by atoms with Gasteiger partial charge in [-0.3, -0.25) is 5.10 Å². The summed E-state index contributed by atoms with van der Waals surface area (Å²) in [6, 6.07) is 0. The molecular formula is C11H20N2O. The van der Waals surface area contributed by atoms with E-state index >= 15 is 0 Å². The molecule has 1 aromatic heterocycles. The van der Waals surface area contributed by atoms with E-state index in [9.17, 15) is 0 Å². The molecule has 0 bridgehead atoms. The van der Waals surface area contributed by atoms with Crippen molar-refractivity contribution in [2.75, 3.05) is 13.2 Å². The molecule has 0 unspecified atom stereocenters. The zero-order valence-corrected chi connectivity index (χ0v) is 9.18. The fourth-order valence-electron chi connectivity index (χ4n) is 1.59. The summed E-state index contributed by atoms with van der Waals surface area (Å²) in [5, 5.41) is 7.02. The Labute approximate surface area is 85.9 Å². The minimum Gasteiger partial charge on any atom is -0.382 e. The molecule has 3 nitrogen and oxygen atoms in total. The van der Waals surface area contributed by atoms with E-state index in [0.717, 1.165) is 13.2 Å². The summed E-state index contributed by atoms with van der Waals surface area (Å²) in [5.74, 6) is 0. The van der Waals surface area contributed by atoms with Crippen molar-refractivity contribution in [3.63, 3.8) is 0 Å². The van der Waals surface area contributed by atoms with E-state index in [1.165, 1.54) is 36.9 Å². The SMILES string of the molecule is CCOCC.c1[nH]nc2c1CCCC2. The van der Waals surface area contributed by atoms with Crippen LogP contribution in [0, 0.1) is 0 Å². The lowest BCUT2D eigenvalue weighted by Gasteiger charge is -2.06. The van der Waals surface area contributed by atoms with Crippen LogP contribution in [0.3, 0.4) is 0 Å². The van der Waals surface area contributed by atoms with E-state index in [4.69, 9.17) is 4.74 Å². The van der Waals surface area contributed by atoms with Crippen LogP contribution in [0.25, 0.3) is 0 Å². The summed E-state index contributed by atoms with van der Waals surface area (Å²) in [7, 11) is 0. The maximum atomic E-state index is 4.83. The van der Waals surface area contributed by atoms with Gasteiger partial charge in [-0.1, -0.05) is 0 Å². The van der Waals surface area contributed by atoms with Crippen LogP contribution in [0.5, 0.6) is 0 Å². The number of fused-ring (bicyclic) bond motifs is 1. The molecule has 0 atom stereocenters. The lowest BCUT2D eigenvalue weighted by molar-refractivity contribution is 0.162. The fourth-order valence-corrected chi connectivity index (χ4v) is 1.59. The van der Waals surface area contributed by atoms with Crippen molar-refractivity contribution in [1.29, 1.82) is 0 Å². The van der Waals surface area contributed by atoms with Gasteiger partial charge in [0.25, 0.3) is 0 Å². The second-order valence-electron chi connectivity index (χ2n) is 3.35. The molecule has 0 spiro atoms. The summed E-state index contributed by atoms with van der Waals surface area (Å²) in [6.45, 7) is 5.67. The van der Waals surface area contributed by atoms with E-state index in [1.807, 2.05) is 20.0 Å². The minimum atomic E-state index is 0.844. The predicted molar refractivity (Wildman–Crippen MR) is 57.4 cm³/mol. The van der Waals surface area contributed by atoms with Crippen LogP contribution in [-0.2, 0) is 17.6 Å². The molecule has 14 heavy (non-hydrogen) atoms. The molecule has 0 amide bonds. The highest BCUT2D eigenvalue weighted by Crippen LogP contribution is 2.17. The standard InChI is InChI=1S/C7H10N2.C4H10O/c1-2-4-7-6(3-1)5-8-9-7;1-3-5-4-2/h5H,1-4H2,(H,8,9);3-4H2,1-2H3. The van der Waals surface area contributed by atoms with Gasteiger partial charge in [-0.05, 0) is 45.1 Å². The number of hydrogen-bond acceptors (Lipinski definition) is 2. The van der Waals surface area contributed by atoms with E-state index in [1.54, 1.807) is 0 Å². The largest absolute Gasteiger partial charge is 0.382 e. The van der Waals surface area contributed by atoms with Gasteiger partial charge in [0.05, 0.1) is 5.69 Å². The van der Waals surface area contributed by atoms with Crippen molar-refractivity contribution in [2.24, 2.45) is 0 Å². The quantitative estimate of drug-likeness (QED) is 0.788. The molecule has 1 aromatic rings. The molecule has 3 heteroatoms. The predicted octanol–water partition coefficient (Wildman–Crippen LogP) is 2.33. The molecule has 0 fully saturated rings. The highest BCUT2D eigenvalue weighted by atomic mass is 16.5. The Morgan fingerprint density at radius 1 is 1.29 bits per heavy atom. The summed E-state index contributed by atoms with van der Waals surface area (Å²) in [4.78, 5) is 0. The molecule has 0 saturated heterocycles. The van der Waals surface area contributed by atoms with Crippen molar-refractivity contribution in [3.8, 4) is 0 Å². The Morgan fingerprint density at radius 2 is 2.00 bits per heavy atom. The first-order valence-corrected chi connectivity index (χ1v) is 5.47. The number of aryl methyl sites for hydroxylation is 2. The van der Waals surface area contributed by atoms with E-state index in [0.29, 0.717) is 0 Å². The van der Waals surface area contributed by atoms with Crippen LogP contribution >= 0.6 is 0 Å². The Kier molecular flexibility index (Phi) is 5.30. The molecule has 0 radical (unpaired) electrons. The summed E-state index contributed by atoms with van der Waals surface area (Å²) < 4.78 is 4.83. The molecule has 80 valence electrons. The van der Waals surface area contributed by atoms with Crippen LogP contribution < -0.4 is 0 Å². The maximum Gasteiger partial charge on any atom is 0.0654 e. The van der Waals surface area contributed by atoms with Crippen LogP contribution in [-0.4, -0.2) is 23.4 Å². The first kappa shape index (κ1) is 11.2. The molecule has 0 aromatic carbocycles. The molecule has 0 aliphatic heterocycles. The average Bonchev–Trinajstić information content (AvgIpc) is 2.67. The second kappa shape index (κ2) is 6.60. The monoisotopic (exact) mass is 196 g/mol. The van der Waals surface area contributed by atoms with Crippen molar-refractivity contribution in [3.05, 3.63) is 17.5 Å².